The summed E-state index contributed by atoms with van der Waals surface area (Å²) in [6.45, 7) is 6.08. The Labute approximate surface area is 118 Å². The van der Waals surface area contributed by atoms with Crippen molar-refractivity contribution in [3.63, 3.8) is 0 Å². The van der Waals surface area contributed by atoms with Gasteiger partial charge in [0, 0.05) is 0 Å². The Bertz CT molecular complexity index is 366. The standard InChI is InChI=1S/C19H28/c1-3-5-17-10-12-19(13-11-17)15-14-18-8-6-16(4-2)7-9-18/h3,6-9,17,19H,1,4-5,10-15H2,2H3. The Hall–Kier alpha value is -1.04. The fourth-order valence-corrected chi connectivity index (χ4v) is 3.30. The molecule has 0 heteroatoms. The van der Waals surface area contributed by atoms with Crippen LogP contribution in [0.15, 0.2) is 36.9 Å². The minimum atomic E-state index is 0.928. The van der Waals surface area contributed by atoms with Gasteiger partial charge in [0.1, 0.15) is 0 Å². The van der Waals surface area contributed by atoms with E-state index in [9.17, 15) is 0 Å². The van der Waals surface area contributed by atoms with Crippen molar-refractivity contribution in [3.05, 3.63) is 48.0 Å². The summed E-state index contributed by atoms with van der Waals surface area (Å²) in [6, 6.07) is 9.22. The van der Waals surface area contributed by atoms with Gasteiger partial charge in [-0.1, -0.05) is 50.1 Å². The quantitative estimate of drug-likeness (QED) is 0.584. The number of hydrogen-bond acceptors (Lipinski definition) is 0. The van der Waals surface area contributed by atoms with Crippen molar-refractivity contribution in [2.24, 2.45) is 11.8 Å². The van der Waals surface area contributed by atoms with Crippen LogP contribution in [0.5, 0.6) is 0 Å². The van der Waals surface area contributed by atoms with E-state index < -0.39 is 0 Å². The first-order valence-corrected chi connectivity index (χ1v) is 8.00. The van der Waals surface area contributed by atoms with E-state index in [0.717, 1.165) is 18.3 Å². The smallest absolute Gasteiger partial charge is 0.0276 e. The molecule has 0 nitrogen and oxygen atoms in total. The summed E-state index contributed by atoms with van der Waals surface area (Å²) < 4.78 is 0. The van der Waals surface area contributed by atoms with E-state index in [2.05, 4.69) is 43.8 Å². The fraction of sp³-hybridized carbons (Fsp3) is 0.579. The van der Waals surface area contributed by atoms with Crippen LogP contribution in [-0.4, -0.2) is 0 Å². The van der Waals surface area contributed by atoms with Crippen LogP contribution in [0, 0.1) is 11.8 Å². The van der Waals surface area contributed by atoms with Gasteiger partial charge < -0.3 is 0 Å². The maximum absolute atomic E-state index is 3.86. The van der Waals surface area contributed by atoms with Crippen molar-refractivity contribution in [2.45, 2.75) is 58.3 Å². The van der Waals surface area contributed by atoms with Crippen molar-refractivity contribution in [1.82, 2.24) is 0 Å². The highest BCUT2D eigenvalue weighted by Gasteiger charge is 2.19. The van der Waals surface area contributed by atoms with E-state index in [1.165, 1.54) is 56.1 Å². The Morgan fingerprint density at radius 2 is 1.58 bits per heavy atom. The molecule has 0 saturated heterocycles. The van der Waals surface area contributed by atoms with Crippen molar-refractivity contribution < 1.29 is 0 Å². The third-order valence-corrected chi connectivity index (χ3v) is 4.74. The second-order valence-corrected chi connectivity index (χ2v) is 6.12. The highest BCUT2D eigenvalue weighted by atomic mass is 14.2. The van der Waals surface area contributed by atoms with Gasteiger partial charge in [0.15, 0.2) is 0 Å². The molecule has 1 aromatic carbocycles. The molecule has 0 aliphatic heterocycles. The van der Waals surface area contributed by atoms with Crippen LogP contribution in [-0.2, 0) is 12.8 Å². The number of aryl methyl sites for hydroxylation is 2. The lowest BCUT2D eigenvalue weighted by Gasteiger charge is -2.27. The van der Waals surface area contributed by atoms with Gasteiger partial charge in [-0.25, -0.2) is 0 Å². The molecule has 1 fully saturated rings. The molecule has 0 radical (unpaired) electrons. The van der Waals surface area contributed by atoms with Gasteiger partial charge in [-0.3, -0.25) is 0 Å². The molecule has 0 unspecified atom stereocenters. The second-order valence-electron chi connectivity index (χ2n) is 6.12. The molecule has 1 aromatic rings. The van der Waals surface area contributed by atoms with Crippen LogP contribution in [0.2, 0.25) is 0 Å². The lowest BCUT2D eigenvalue weighted by molar-refractivity contribution is 0.265. The zero-order valence-corrected chi connectivity index (χ0v) is 12.4. The van der Waals surface area contributed by atoms with Gasteiger partial charge in [-0.05, 0) is 61.5 Å². The molecule has 2 rings (SSSR count). The zero-order valence-electron chi connectivity index (χ0n) is 12.4. The van der Waals surface area contributed by atoms with E-state index in [4.69, 9.17) is 0 Å². The van der Waals surface area contributed by atoms with Gasteiger partial charge in [0.2, 0.25) is 0 Å². The maximum atomic E-state index is 3.86. The first kappa shape index (κ1) is 14.4. The molecule has 19 heavy (non-hydrogen) atoms. The normalized spacial score (nSPS) is 23.2. The van der Waals surface area contributed by atoms with Crippen LogP contribution in [0.4, 0.5) is 0 Å². The fourth-order valence-electron chi connectivity index (χ4n) is 3.30. The Morgan fingerprint density at radius 1 is 1.00 bits per heavy atom. The molecule has 0 spiro atoms. The van der Waals surface area contributed by atoms with Crippen molar-refractivity contribution >= 4 is 0 Å². The third-order valence-electron chi connectivity index (χ3n) is 4.74. The zero-order chi connectivity index (χ0) is 13.5. The van der Waals surface area contributed by atoms with Gasteiger partial charge in [-0.15, -0.1) is 6.58 Å². The highest BCUT2D eigenvalue weighted by Crippen LogP contribution is 2.33. The van der Waals surface area contributed by atoms with E-state index >= 15 is 0 Å². The monoisotopic (exact) mass is 256 g/mol. The lowest BCUT2D eigenvalue weighted by atomic mass is 9.78. The minimum Gasteiger partial charge on any atom is -0.103 e. The van der Waals surface area contributed by atoms with E-state index in [-0.39, 0.29) is 0 Å². The summed E-state index contributed by atoms with van der Waals surface area (Å²) >= 11 is 0. The maximum Gasteiger partial charge on any atom is -0.0276 e. The van der Waals surface area contributed by atoms with E-state index in [1.807, 2.05) is 0 Å². The van der Waals surface area contributed by atoms with Gasteiger partial charge in [0.25, 0.3) is 0 Å². The molecule has 0 heterocycles. The Morgan fingerprint density at radius 3 is 2.16 bits per heavy atom. The SMILES string of the molecule is C=CCC1CCC(CCc2ccc(CC)cc2)CC1. The summed E-state index contributed by atoms with van der Waals surface area (Å²) in [6.07, 6.45) is 12.8. The average Bonchev–Trinajstić information content (AvgIpc) is 2.47. The largest absolute Gasteiger partial charge is 0.103 e. The number of hydrogen-bond donors (Lipinski definition) is 0. The molecule has 1 aliphatic carbocycles. The van der Waals surface area contributed by atoms with Crippen LogP contribution in [0.25, 0.3) is 0 Å². The molecule has 0 aromatic heterocycles. The lowest BCUT2D eigenvalue weighted by Crippen LogP contribution is -2.14. The molecule has 0 amide bonds. The molecule has 0 bridgehead atoms. The summed E-state index contributed by atoms with van der Waals surface area (Å²) in [5.74, 6) is 1.89. The first-order chi connectivity index (χ1) is 9.31. The summed E-state index contributed by atoms with van der Waals surface area (Å²) in [4.78, 5) is 0. The molecule has 1 saturated carbocycles. The Kier molecular flexibility index (Phi) is 5.69. The van der Waals surface area contributed by atoms with Gasteiger partial charge in [-0.2, -0.15) is 0 Å². The molecule has 1 aliphatic rings. The minimum absolute atomic E-state index is 0.928. The summed E-state index contributed by atoms with van der Waals surface area (Å²) in [5.41, 5.74) is 2.97. The van der Waals surface area contributed by atoms with Crippen molar-refractivity contribution in [3.8, 4) is 0 Å². The molecule has 0 atom stereocenters. The first-order valence-electron chi connectivity index (χ1n) is 8.00. The predicted molar refractivity (Wildman–Crippen MR) is 84.4 cm³/mol. The van der Waals surface area contributed by atoms with E-state index in [1.54, 1.807) is 0 Å². The predicted octanol–water partition coefficient (Wildman–Crippen LogP) is 5.56. The highest BCUT2D eigenvalue weighted by molar-refractivity contribution is 5.22. The van der Waals surface area contributed by atoms with Gasteiger partial charge in [0.05, 0.1) is 0 Å². The Balaban J connectivity index is 1.72. The van der Waals surface area contributed by atoms with Crippen LogP contribution >= 0.6 is 0 Å². The summed E-state index contributed by atoms with van der Waals surface area (Å²) in [7, 11) is 0. The molecule has 104 valence electrons. The summed E-state index contributed by atoms with van der Waals surface area (Å²) in [5, 5.41) is 0. The van der Waals surface area contributed by atoms with Gasteiger partial charge >= 0.3 is 0 Å². The molecular weight excluding hydrogens is 228 g/mol. The van der Waals surface area contributed by atoms with Crippen LogP contribution in [0.3, 0.4) is 0 Å². The van der Waals surface area contributed by atoms with Crippen molar-refractivity contribution in [1.29, 1.82) is 0 Å². The number of rotatable bonds is 6. The second kappa shape index (κ2) is 7.53. The third kappa shape index (κ3) is 4.53. The van der Waals surface area contributed by atoms with Crippen LogP contribution in [0.1, 0.15) is 56.6 Å². The molecule has 0 N–H and O–H groups in total. The average molecular weight is 256 g/mol. The molecular formula is C19H28. The van der Waals surface area contributed by atoms with Crippen LogP contribution < -0.4 is 0 Å². The topological polar surface area (TPSA) is 0 Å². The van der Waals surface area contributed by atoms with E-state index in [0.29, 0.717) is 0 Å². The number of benzene rings is 1. The number of allylic oxidation sites excluding steroid dienone is 1. The van der Waals surface area contributed by atoms with Crippen molar-refractivity contribution in [2.75, 3.05) is 0 Å².